The zero-order chi connectivity index (χ0) is 27.8. The third kappa shape index (κ3) is 9.67. The first-order valence-electron chi connectivity index (χ1n) is 12.7. The van der Waals surface area contributed by atoms with Crippen molar-refractivity contribution in [2.24, 2.45) is 11.3 Å². The van der Waals surface area contributed by atoms with Gasteiger partial charge >= 0.3 is 6.09 Å². The first-order valence-corrected chi connectivity index (χ1v) is 13.6. The molecular weight excluding hydrogens is 480 g/mol. The molecule has 0 spiro atoms. The largest absolute Gasteiger partial charge is 0.444 e. The smallest absolute Gasteiger partial charge is 0.408 e. The zero-order valence-electron chi connectivity index (χ0n) is 23.4. The molecule has 0 saturated carbocycles. The SMILES string of the molecule is C=C[C@H](C)C(NC(=O)C1CCCN1C(=O)[C@@H](NC(=O)OC(C)(C)C)C(C)(C)C)C(=O)NSC(C)CC. The number of nitrogens with one attached hydrogen (secondary N) is 3. The minimum Gasteiger partial charge on any atom is -0.444 e. The summed E-state index contributed by atoms with van der Waals surface area (Å²) in [5, 5.41) is 5.78. The van der Waals surface area contributed by atoms with Crippen LogP contribution in [0.3, 0.4) is 0 Å². The molecule has 0 aromatic heterocycles. The summed E-state index contributed by atoms with van der Waals surface area (Å²) in [6, 6.07) is -2.45. The minimum absolute atomic E-state index is 0.235. The van der Waals surface area contributed by atoms with Crippen LogP contribution in [0.1, 0.15) is 81.6 Å². The van der Waals surface area contributed by atoms with Gasteiger partial charge in [-0.3, -0.25) is 19.1 Å². The van der Waals surface area contributed by atoms with E-state index >= 15 is 0 Å². The summed E-state index contributed by atoms with van der Waals surface area (Å²) in [7, 11) is 0. The monoisotopic (exact) mass is 526 g/mol. The van der Waals surface area contributed by atoms with Crippen LogP contribution in [0.25, 0.3) is 0 Å². The molecule has 0 bridgehead atoms. The normalized spacial score (nSPS) is 19.5. The molecule has 3 N–H and O–H groups in total. The van der Waals surface area contributed by atoms with E-state index in [9.17, 15) is 19.2 Å². The van der Waals surface area contributed by atoms with Crippen LogP contribution in [-0.2, 0) is 19.1 Å². The number of ether oxygens (including phenoxy) is 1. The van der Waals surface area contributed by atoms with E-state index in [0.29, 0.717) is 19.4 Å². The molecule has 4 amide bonds. The van der Waals surface area contributed by atoms with Crippen molar-refractivity contribution in [2.45, 2.75) is 111 Å². The van der Waals surface area contributed by atoms with Gasteiger partial charge in [0.15, 0.2) is 0 Å². The Kier molecular flexibility index (Phi) is 11.8. The predicted octanol–water partition coefficient (Wildman–Crippen LogP) is 3.79. The molecule has 1 aliphatic rings. The first-order chi connectivity index (χ1) is 16.5. The van der Waals surface area contributed by atoms with E-state index in [1.165, 1.54) is 16.8 Å². The van der Waals surface area contributed by atoms with Crippen molar-refractivity contribution >= 4 is 35.8 Å². The van der Waals surface area contributed by atoms with Crippen LogP contribution in [0.15, 0.2) is 12.7 Å². The molecule has 0 aromatic carbocycles. The topological polar surface area (TPSA) is 117 Å². The first kappa shape index (κ1) is 31.8. The van der Waals surface area contributed by atoms with Gasteiger partial charge in [0.2, 0.25) is 11.8 Å². The van der Waals surface area contributed by atoms with Crippen LogP contribution in [0.2, 0.25) is 0 Å². The molecule has 0 aromatic rings. The number of rotatable bonds is 10. The van der Waals surface area contributed by atoms with Crippen molar-refractivity contribution < 1.29 is 23.9 Å². The summed E-state index contributed by atoms with van der Waals surface area (Å²) in [4.78, 5) is 53.8. The zero-order valence-corrected chi connectivity index (χ0v) is 24.2. The summed E-state index contributed by atoms with van der Waals surface area (Å²) in [5.41, 5.74) is -1.33. The van der Waals surface area contributed by atoms with Crippen LogP contribution < -0.4 is 15.4 Å². The summed E-state index contributed by atoms with van der Waals surface area (Å²) in [5.74, 6) is -1.37. The number of likely N-dealkylation sites (tertiary alicyclic amines) is 1. The van der Waals surface area contributed by atoms with Gasteiger partial charge in [-0.25, -0.2) is 4.79 Å². The fraction of sp³-hybridized carbons (Fsp3) is 0.769. The van der Waals surface area contributed by atoms with Crippen molar-refractivity contribution in [3.63, 3.8) is 0 Å². The Morgan fingerprint density at radius 1 is 1.11 bits per heavy atom. The highest BCUT2D eigenvalue weighted by Crippen LogP contribution is 2.26. The Bertz CT molecular complexity index is 805. The fourth-order valence-corrected chi connectivity index (χ4v) is 4.28. The molecule has 1 rings (SSSR count). The minimum atomic E-state index is -0.890. The predicted molar refractivity (Wildman–Crippen MR) is 144 cm³/mol. The quantitative estimate of drug-likeness (QED) is 0.295. The van der Waals surface area contributed by atoms with Gasteiger partial charge < -0.3 is 20.3 Å². The lowest BCUT2D eigenvalue weighted by Gasteiger charge is -2.36. The van der Waals surface area contributed by atoms with E-state index in [1.807, 2.05) is 41.5 Å². The van der Waals surface area contributed by atoms with Gasteiger partial charge in [0, 0.05) is 17.7 Å². The maximum Gasteiger partial charge on any atom is 0.408 e. The maximum absolute atomic E-state index is 13.6. The molecule has 1 heterocycles. The van der Waals surface area contributed by atoms with Gasteiger partial charge in [-0.05, 0) is 57.4 Å². The molecule has 1 fully saturated rings. The molecule has 1 aliphatic heterocycles. The van der Waals surface area contributed by atoms with Crippen molar-refractivity contribution in [2.75, 3.05) is 6.54 Å². The van der Waals surface area contributed by atoms with E-state index < -0.39 is 41.1 Å². The van der Waals surface area contributed by atoms with E-state index in [2.05, 4.69) is 21.9 Å². The number of nitrogens with zero attached hydrogens (tertiary/aromatic N) is 1. The molecule has 36 heavy (non-hydrogen) atoms. The van der Waals surface area contributed by atoms with Gasteiger partial charge in [-0.15, -0.1) is 6.58 Å². The third-order valence-corrected chi connectivity index (χ3v) is 7.08. The van der Waals surface area contributed by atoms with Crippen LogP contribution in [0, 0.1) is 11.3 Å². The second-order valence-corrected chi connectivity index (χ2v) is 12.8. The average molecular weight is 527 g/mol. The number of alkyl carbamates (subject to hydrolysis) is 1. The van der Waals surface area contributed by atoms with Crippen LogP contribution in [0.4, 0.5) is 4.79 Å². The van der Waals surface area contributed by atoms with Crippen LogP contribution >= 0.6 is 11.9 Å². The Morgan fingerprint density at radius 3 is 2.22 bits per heavy atom. The lowest BCUT2D eigenvalue weighted by Crippen LogP contribution is -2.59. The van der Waals surface area contributed by atoms with Crippen molar-refractivity contribution in [3.8, 4) is 0 Å². The van der Waals surface area contributed by atoms with E-state index in [-0.39, 0.29) is 23.0 Å². The summed E-state index contributed by atoms with van der Waals surface area (Å²) >= 11 is 1.32. The number of hydrogen-bond donors (Lipinski definition) is 3. The second kappa shape index (κ2) is 13.4. The number of carbonyl (C=O) groups excluding carboxylic acids is 4. The highest BCUT2D eigenvalue weighted by molar-refractivity contribution is 7.98. The molecule has 5 atom stereocenters. The van der Waals surface area contributed by atoms with Crippen molar-refractivity contribution in [1.29, 1.82) is 0 Å². The maximum atomic E-state index is 13.6. The molecular formula is C26H46N4O5S. The van der Waals surface area contributed by atoms with Crippen molar-refractivity contribution in [1.82, 2.24) is 20.3 Å². The fourth-order valence-electron chi connectivity index (χ4n) is 3.67. The molecule has 3 unspecified atom stereocenters. The highest BCUT2D eigenvalue weighted by Gasteiger charge is 2.43. The molecule has 0 aliphatic carbocycles. The summed E-state index contributed by atoms with van der Waals surface area (Å²) in [6.07, 6.45) is 2.94. The van der Waals surface area contributed by atoms with Gasteiger partial charge in [0.25, 0.3) is 5.91 Å². The Labute approximate surface area is 221 Å². The van der Waals surface area contributed by atoms with E-state index in [0.717, 1.165) is 6.42 Å². The Hall–Kier alpha value is -2.23. The van der Waals surface area contributed by atoms with Crippen molar-refractivity contribution in [3.05, 3.63) is 12.7 Å². The average Bonchev–Trinajstić information content (AvgIpc) is 3.26. The number of amides is 4. The molecule has 0 radical (unpaired) electrons. The standard InChI is InChI=1S/C26H46N4O5S/c1-11-16(3)19(22(32)29-36-17(4)12-2)27-21(31)18-14-13-15-30(18)23(33)20(25(5,6)7)28-24(34)35-26(8,9)10/h11,16-20H,1,12-15H2,2-10H3,(H,27,31)(H,28,34)(H,29,32)/t16-,17?,18?,19?,20+/m0/s1. The van der Waals surface area contributed by atoms with Gasteiger partial charge in [-0.1, -0.05) is 47.6 Å². The molecule has 10 heteroatoms. The Morgan fingerprint density at radius 2 is 1.72 bits per heavy atom. The highest BCUT2D eigenvalue weighted by atomic mass is 32.2. The number of hydrogen-bond acceptors (Lipinski definition) is 6. The summed E-state index contributed by atoms with van der Waals surface area (Å²) < 4.78 is 8.19. The lowest BCUT2D eigenvalue weighted by atomic mass is 9.85. The van der Waals surface area contributed by atoms with E-state index in [1.54, 1.807) is 26.8 Å². The molecule has 9 nitrogen and oxygen atoms in total. The van der Waals surface area contributed by atoms with E-state index in [4.69, 9.17) is 4.74 Å². The van der Waals surface area contributed by atoms with Gasteiger partial charge in [0.1, 0.15) is 23.7 Å². The second-order valence-electron chi connectivity index (χ2n) is 11.5. The van der Waals surface area contributed by atoms with Gasteiger partial charge in [0.05, 0.1) is 0 Å². The summed E-state index contributed by atoms with van der Waals surface area (Å²) in [6.45, 7) is 20.8. The van der Waals surface area contributed by atoms with Gasteiger partial charge in [-0.2, -0.15) is 0 Å². The Balaban J connectivity index is 3.04. The molecule has 206 valence electrons. The lowest BCUT2D eigenvalue weighted by molar-refractivity contribution is -0.142. The van der Waals surface area contributed by atoms with Crippen LogP contribution in [-0.4, -0.2) is 64.2 Å². The molecule has 1 saturated heterocycles. The number of carbonyl (C=O) groups is 4. The van der Waals surface area contributed by atoms with Crippen LogP contribution in [0.5, 0.6) is 0 Å². The third-order valence-electron chi connectivity index (χ3n) is 6.03.